The minimum Gasteiger partial charge on any atom is -0.387 e. The van der Waals surface area contributed by atoms with Gasteiger partial charge < -0.3 is 27.3 Å². The fourth-order valence-corrected chi connectivity index (χ4v) is 0.807. The Labute approximate surface area is 109 Å². The number of nitrogens with zero attached hydrogens (tertiary/aromatic N) is 1. The minimum atomic E-state index is -0.470. The Bertz CT molecular complexity index is 343. The third-order valence-electron chi connectivity index (χ3n) is 1.30. The van der Waals surface area contributed by atoms with Gasteiger partial charge in [-0.05, 0) is 6.42 Å². The van der Waals surface area contributed by atoms with Crippen molar-refractivity contribution < 1.29 is 32.7 Å². The molecule has 5 heteroatoms. The first kappa shape index (κ1) is 16.2. The van der Waals surface area contributed by atoms with Crippen LogP contribution in [0.4, 0.5) is 0 Å². The van der Waals surface area contributed by atoms with Crippen molar-refractivity contribution in [3.63, 3.8) is 0 Å². The van der Waals surface area contributed by atoms with Crippen molar-refractivity contribution in [1.82, 2.24) is 9.55 Å². The summed E-state index contributed by atoms with van der Waals surface area (Å²) in [6.45, 7) is 7.57. The summed E-state index contributed by atoms with van der Waals surface area (Å²) in [7, 11) is 0. The van der Waals surface area contributed by atoms with Crippen LogP contribution in [0.2, 0.25) is 0 Å². The van der Waals surface area contributed by atoms with Gasteiger partial charge in [0.05, 0.1) is 5.56 Å². The Morgan fingerprint density at radius 3 is 2.50 bits per heavy atom. The van der Waals surface area contributed by atoms with E-state index >= 15 is 0 Å². The molecule has 0 fully saturated rings. The fourth-order valence-electron chi connectivity index (χ4n) is 0.807. The molecule has 1 aromatic heterocycles. The van der Waals surface area contributed by atoms with Gasteiger partial charge in [-0.15, -0.1) is 0 Å². The van der Waals surface area contributed by atoms with E-state index in [0.29, 0.717) is 6.54 Å². The molecule has 14 heavy (non-hydrogen) atoms. The molecule has 1 heterocycles. The van der Waals surface area contributed by atoms with Crippen LogP contribution in [0.15, 0.2) is 15.8 Å². The zero-order valence-corrected chi connectivity index (χ0v) is 11.4. The minimum absolute atomic E-state index is 0. The maximum Gasteiger partial charge on any atom is 0.323 e. The van der Waals surface area contributed by atoms with E-state index in [4.69, 9.17) is 0 Å². The zero-order valence-electron chi connectivity index (χ0n) is 8.54. The summed E-state index contributed by atoms with van der Waals surface area (Å²) in [4.78, 5) is 23.6. The number of H-pyrrole nitrogens is 1. The maximum atomic E-state index is 10.9. The average molecular weight is 271 g/mol. The number of nitrogens with one attached hydrogen (secondary N) is 1. The number of aromatic amines is 1. The Hall–Kier alpha value is -0.216. The summed E-state index contributed by atoms with van der Waals surface area (Å²) in [5.74, 6) is 0. The van der Waals surface area contributed by atoms with Gasteiger partial charge in [0.2, 0.25) is 0 Å². The molecular formula is C9H14N2O2Y-2. The molecule has 1 N–H and O–H groups in total. The van der Waals surface area contributed by atoms with Gasteiger partial charge >= 0.3 is 5.69 Å². The second-order valence-corrected chi connectivity index (χ2v) is 2.23. The van der Waals surface area contributed by atoms with Crippen LogP contribution in [0.25, 0.3) is 0 Å². The Morgan fingerprint density at radius 1 is 1.50 bits per heavy atom. The van der Waals surface area contributed by atoms with Crippen molar-refractivity contribution in [2.24, 2.45) is 0 Å². The van der Waals surface area contributed by atoms with E-state index < -0.39 is 5.56 Å². The molecule has 0 amide bonds. The van der Waals surface area contributed by atoms with Gasteiger partial charge in [-0.25, -0.2) is 4.79 Å². The van der Waals surface area contributed by atoms with E-state index in [-0.39, 0.29) is 38.4 Å². The summed E-state index contributed by atoms with van der Waals surface area (Å²) < 4.78 is 1.42. The van der Waals surface area contributed by atoms with Gasteiger partial charge in [0.15, 0.2) is 0 Å². The van der Waals surface area contributed by atoms with Crippen LogP contribution in [-0.4, -0.2) is 9.55 Å². The van der Waals surface area contributed by atoms with Gasteiger partial charge in [-0.3, -0.25) is 0 Å². The van der Waals surface area contributed by atoms with Crippen LogP contribution < -0.4 is 11.2 Å². The molecule has 1 aromatic rings. The fraction of sp³-hybridized carbons (Fsp3) is 0.444. The van der Waals surface area contributed by atoms with E-state index in [1.54, 1.807) is 6.92 Å². The van der Waals surface area contributed by atoms with Gasteiger partial charge in [-0.1, -0.05) is 6.92 Å². The van der Waals surface area contributed by atoms with Crippen LogP contribution in [0.3, 0.4) is 0 Å². The molecule has 0 unspecified atom stereocenters. The molecule has 0 aliphatic carbocycles. The molecule has 0 aliphatic rings. The van der Waals surface area contributed by atoms with Crippen LogP contribution in [-0.2, 0) is 39.3 Å². The first-order valence-corrected chi connectivity index (χ1v) is 4.16. The van der Waals surface area contributed by atoms with Crippen molar-refractivity contribution in [3.05, 3.63) is 40.0 Å². The van der Waals surface area contributed by atoms with E-state index in [9.17, 15) is 9.59 Å². The number of rotatable bonds is 2. The maximum absolute atomic E-state index is 10.9. The molecule has 0 aromatic carbocycles. The Morgan fingerprint density at radius 2 is 2.07 bits per heavy atom. The first-order valence-electron chi connectivity index (χ1n) is 4.16. The normalized spacial score (nSPS) is 8.21. The number of aryl methyl sites for hydroxylation is 1. The summed E-state index contributed by atoms with van der Waals surface area (Å²) >= 11 is 0. The predicted octanol–water partition coefficient (Wildman–Crippen LogP) is 0.585. The molecule has 1 rings (SSSR count). The molecule has 0 saturated carbocycles. The first-order chi connectivity index (χ1) is 6.24. The molecule has 4 nitrogen and oxygen atoms in total. The second-order valence-electron chi connectivity index (χ2n) is 2.23. The molecule has 0 spiro atoms. The largest absolute Gasteiger partial charge is 0.387 e. The molecule has 0 atom stereocenters. The summed E-state index contributed by atoms with van der Waals surface area (Å²) in [5.41, 5.74) is -0.835. The Balaban J connectivity index is 0. The van der Waals surface area contributed by atoms with E-state index in [0.717, 1.165) is 6.42 Å². The van der Waals surface area contributed by atoms with Crippen LogP contribution in [0.1, 0.15) is 20.3 Å². The average Bonchev–Trinajstić information content (AvgIpc) is 2.14. The quantitative estimate of drug-likeness (QED) is 0.800. The summed E-state index contributed by atoms with van der Waals surface area (Å²) in [6, 6.07) is 2.38. The molecule has 0 bridgehead atoms. The smallest absolute Gasteiger partial charge is 0.323 e. The number of hydrogen-bond donors (Lipinski definition) is 1. The SMILES string of the molecule is CCCn1c[c-]c(=O)[nH]c1=O.[CH2-]C.[Y]. The third-order valence-corrected chi connectivity index (χ3v) is 1.30. The van der Waals surface area contributed by atoms with Gasteiger partial charge in [0.1, 0.15) is 0 Å². The number of aromatic nitrogens is 2. The zero-order chi connectivity index (χ0) is 10.3. The Kier molecular flexibility index (Phi) is 10.8. The monoisotopic (exact) mass is 271 g/mol. The van der Waals surface area contributed by atoms with Gasteiger partial charge in [0.25, 0.3) is 0 Å². The molecular weight excluding hydrogens is 257 g/mol. The van der Waals surface area contributed by atoms with Crippen molar-refractivity contribution >= 4 is 0 Å². The predicted molar refractivity (Wildman–Crippen MR) is 51.5 cm³/mol. The van der Waals surface area contributed by atoms with Gasteiger partial charge in [0, 0.05) is 39.3 Å². The van der Waals surface area contributed by atoms with Crippen molar-refractivity contribution in [2.45, 2.75) is 26.8 Å². The summed E-state index contributed by atoms with van der Waals surface area (Å²) in [5, 5.41) is 0. The van der Waals surface area contributed by atoms with Crippen LogP contribution in [0.5, 0.6) is 0 Å². The molecule has 77 valence electrons. The van der Waals surface area contributed by atoms with Gasteiger partial charge in [-0.2, -0.15) is 13.1 Å². The van der Waals surface area contributed by atoms with Crippen molar-refractivity contribution in [3.8, 4) is 0 Å². The van der Waals surface area contributed by atoms with E-state index in [1.807, 2.05) is 6.92 Å². The number of hydrogen-bond acceptors (Lipinski definition) is 2. The van der Waals surface area contributed by atoms with Crippen LogP contribution in [0, 0.1) is 13.0 Å². The van der Waals surface area contributed by atoms with E-state index in [2.05, 4.69) is 18.0 Å². The van der Waals surface area contributed by atoms with Crippen molar-refractivity contribution in [2.75, 3.05) is 0 Å². The molecule has 0 saturated heterocycles. The van der Waals surface area contributed by atoms with E-state index in [1.165, 1.54) is 10.8 Å². The standard InChI is InChI=1S/C7H9N2O2.C2H5.Y/c1-2-4-9-5-3-6(10)8-7(9)11;1-2;/h5H,2,4H2,1H3,(H,8,10,11);1H2,2H3;/q2*-1;. The summed E-state index contributed by atoms with van der Waals surface area (Å²) in [6.07, 6.45) is 2.24. The topological polar surface area (TPSA) is 54.9 Å². The third kappa shape index (κ3) is 5.50. The molecule has 1 radical (unpaired) electrons. The van der Waals surface area contributed by atoms with Crippen molar-refractivity contribution in [1.29, 1.82) is 0 Å². The molecule has 0 aliphatic heterocycles. The second kappa shape index (κ2) is 9.34. The van der Waals surface area contributed by atoms with Crippen LogP contribution >= 0.6 is 0 Å².